The van der Waals surface area contributed by atoms with E-state index in [0.717, 1.165) is 25.8 Å². The van der Waals surface area contributed by atoms with Gasteiger partial charge in [-0.1, -0.05) is 51.1 Å². The predicted molar refractivity (Wildman–Crippen MR) is 110 cm³/mol. The fraction of sp³-hybridized carbons (Fsp3) is 0.500. The van der Waals surface area contributed by atoms with Gasteiger partial charge < -0.3 is 8.99 Å². The van der Waals surface area contributed by atoms with Crippen LogP contribution >= 0.6 is 0 Å². The van der Waals surface area contributed by atoms with Crippen LogP contribution in [0.5, 0.6) is 0 Å². The summed E-state index contributed by atoms with van der Waals surface area (Å²) < 4.78 is 8.44. The van der Waals surface area contributed by atoms with Gasteiger partial charge in [0.2, 0.25) is 0 Å². The predicted octanol–water partition coefficient (Wildman–Crippen LogP) is 4.58. The molecule has 1 aliphatic rings. The molecule has 1 aromatic heterocycles. The Morgan fingerprint density at radius 2 is 1.77 bits per heavy atom. The number of aryl methyl sites for hydroxylation is 2. The maximum Gasteiger partial charge on any atom is 0.250 e. The van der Waals surface area contributed by atoms with Crippen molar-refractivity contribution in [1.82, 2.24) is 4.57 Å². The third kappa shape index (κ3) is 4.18. The fourth-order valence-electron chi connectivity index (χ4n) is 3.34. The molecular formula is C22H31NO2Si. The van der Waals surface area contributed by atoms with Crippen molar-refractivity contribution in [3.05, 3.63) is 69.6 Å². The zero-order valence-corrected chi connectivity index (χ0v) is 17.7. The van der Waals surface area contributed by atoms with Crippen molar-refractivity contribution in [3.8, 4) is 0 Å². The summed E-state index contributed by atoms with van der Waals surface area (Å²) in [6, 6.07) is 12.2. The molecule has 0 aliphatic heterocycles. The van der Waals surface area contributed by atoms with Crippen LogP contribution in [0.3, 0.4) is 0 Å². The summed E-state index contributed by atoms with van der Waals surface area (Å²) in [5, 5.41) is 0.209. The van der Waals surface area contributed by atoms with Crippen molar-refractivity contribution in [3.63, 3.8) is 0 Å². The zero-order valence-electron chi connectivity index (χ0n) is 16.7. The second-order valence-corrected chi connectivity index (χ2v) is 13.8. The first-order valence-corrected chi connectivity index (χ1v) is 12.5. The highest BCUT2D eigenvalue weighted by molar-refractivity contribution is 6.74. The minimum absolute atomic E-state index is 0.104. The molecule has 4 heteroatoms. The highest BCUT2D eigenvalue weighted by Crippen LogP contribution is 2.39. The second-order valence-electron chi connectivity index (χ2n) is 9.00. The molecule has 0 fully saturated rings. The number of rotatable bonds is 5. The van der Waals surface area contributed by atoms with E-state index in [1.165, 1.54) is 16.7 Å². The summed E-state index contributed by atoms with van der Waals surface area (Å²) in [4.78, 5) is 12.5. The molecule has 0 bridgehead atoms. The number of hydrogen-bond acceptors (Lipinski definition) is 2. The van der Waals surface area contributed by atoms with E-state index in [1.807, 2.05) is 28.8 Å². The Kier molecular flexibility index (Phi) is 5.27. The van der Waals surface area contributed by atoms with E-state index in [2.05, 4.69) is 52.2 Å². The number of aromatic nitrogens is 1. The first kappa shape index (κ1) is 19.1. The third-order valence-electron chi connectivity index (χ3n) is 5.95. The Hall–Kier alpha value is -1.65. The van der Waals surface area contributed by atoms with Gasteiger partial charge in [-0.25, -0.2) is 0 Å². The van der Waals surface area contributed by atoms with Crippen molar-refractivity contribution in [2.45, 2.75) is 70.8 Å². The van der Waals surface area contributed by atoms with Crippen LogP contribution in [-0.4, -0.2) is 19.0 Å². The molecule has 3 rings (SSSR count). The van der Waals surface area contributed by atoms with Gasteiger partial charge in [0.15, 0.2) is 8.32 Å². The average molecular weight is 370 g/mol. The molecule has 1 aromatic carbocycles. The van der Waals surface area contributed by atoms with E-state index in [4.69, 9.17) is 4.43 Å². The van der Waals surface area contributed by atoms with Crippen molar-refractivity contribution in [2.75, 3.05) is 0 Å². The minimum Gasteiger partial charge on any atom is -0.413 e. The number of pyridine rings is 1. The highest BCUT2D eigenvalue weighted by atomic mass is 28.4. The van der Waals surface area contributed by atoms with Crippen molar-refractivity contribution in [1.29, 1.82) is 0 Å². The number of benzene rings is 1. The van der Waals surface area contributed by atoms with Crippen LogP contribution in [0.25, 0.3) is 0 Å². The maximum atomic E-state index is 12.5. The summed E-state index contributed by atoms with van der Waals surface area (Å²) in [5.74, 6) is 0. The average Bonchev–Trinajstić information content (AvgIpc) is 2.92. The fourth-order valence-corrected chi connectivity index (χ4v) is 4.70. The van der Waals surface area contributed by atoms with Crippen LogP contribution in [0, 0.1) is 0 Å². The molecule has 1 unspecified atom stereocenters. The number of nitrogens with zero attached hydrogens (tertiary/aromatic N) is 1. The molecule has 0 saturated heterocycles. The monoisotopic (exact) mass is 369 g/mol. The van der Waals surface area contributed by atoms with E-state index in [0.29, 0.717) is 0 Å². The standard InChI is InChI=1S/C22H31NO2Si/c1-22(2,3)26(4,5)25-20-13-18-15-21(24)23(16-19(18)14-20)12-11-17-9-7-6-8-10-17/h6-10,15-16,20H,11-14H2,1-5H3. The second kappa shape index (κ2) is 7.16. The molecular weight excluding hydrogens is 338 g/mol. The first-order chi connectivity index (χ1) is 12.2. The Labute approximate surface area is 158 Å². The van der Waals surface area contributed by atoms with Crippen LogP contribution in [0.4, 0.5) is 0 Å². The molecule has 0 saturated carbocycles. The Morgan fingerprint density at radius 1 is 1.12 bits per heavy atom. The maximum absolute atomic E-state index is 12.5. The molecule has 0 N–H and O–H groups in total. The van der Waals surface area contributed by atoms with E-state index in [-0.39, 0.29) is 16.7 Å². The third-order valence-corrected chi connectivity index (χ3v) is 10.5. The quantitative estimate of drug-likeness (QED) is 0.722. The first-order valence-electron chi connectivity index (χ1n) is 9.60. The molecule has 3 nitrogen and oxygen atoms in total. The van der Waals surface area contributed by atoms with Gasteiger partial charge in [0.25, 0.3) is 5.56 Å². The molecule has 26 heavy (non-hydrogen) atoms. The van der Waals surface area contributed by atoms with Crippen LogP contribution in [0.1, 0.15) is 37.5 Å². The number of hydrogen-bond donors (Lipinski definition) is 0. The molecule has 0 spiro atoms. The van der Waals surface area contributed by atoms with Crippen molar-refractivity contribution < 1.29 is 4.43 Å². The highest BCUT2D eigenvalue weighted by Gasteiger charge is 2.40. The lowest BCUT2D eigenvalue weighted by Crippen LogP contribution is -2.44. The van der Waals surface area contributed by atoms with Crippen LogP contribution < -0.4 is 5.56 Å². The normalized spacial score (nSPS) is 17.3. The minimum atomic E-state index is -1.78. The summed E-state index contributed by atoms with van der Waals surface area (Å²) in [6.45, 7) is 12.1. The summed E-state index contributed by atoms with van der Waals surface area (Å²) in [5.41, 5.74) is 3.82. The van der Waals surface area contributed by atoms with Gasteiger partial charge in [0.1, 0.15) is 0 Å². The van der Waals surface area contributed by atoms with Gasteiger partial charge in [-0.05, 0) is 54.1 Å². The van der Waals surface area contributed by atoms with Gasteiger partial charge in [-0.3, -0.25) is 4.79 Å². The van der Waals surface area contributed by atoms with Crippen LogP contribution in [0.2, 0.25) is 18.1 Å². The molecule has 0 radical (unpaired) electrons. The smallest absolute Gasteiger partial charge is 0.250 e. The Bertz CT molecular complexity index is 818. The SMILES string of the molecule is CC(C)(C)[Si](C)(C)OC1Cc2cc(=O)n(CCc3ccccc3)cc2C1. The van der Waals surface area contributed by atoms with Gasteiger partial charge in [-0.15, -0.1) is 0 Å². The number of fused-ring (bicyclic) bond motifs is 1. The Morgan fingerprint density at radius 3 is 2.42 bits per heavy atom. The van der Waals surface area contributed by atoms with Crippen LogP contribution in [0.15, 0.2) is 47.4 Å². The lowest BCUT2D eigenvalue weighted by molar-refractivity contribution is 0.191. The zero-order chi connectivity index (χ0) is 18.9. The van der Waals surface area contributed by atoms with E-state index in [1.54, 1.807) is 0 Å². The topological polar surface area (TPSA) is 31.2 Å². The van der Waals surface area contributed by atoms with Gasteiger partial charge in [-0.2, -0.15) is 0 Å². The van der Waals surface area contributed by atoms with Gasteiger partial charge in [0, 0.05) is 18.8 Å². The summed E-state index contributed by atoms with van der Waals surface area (Å²) in [6.07, 6.45) is 4.96. The van der Waals surface area contributed by atoms with Gasteiger partial charge in [0.05, 0.1) is 6.10 Å². The molecule has 1 aliphatic carbocycles. The van der Waals surface area contributed by atoms with Gasteiger partial charge >= 0.3 is 0 Å². The van der Waals surface area contributed by atoms with E-state index < -0.39 is 8.32 Å². The summed E-state index contributed by atoms with van der Waals surface area (Å²) >= 11 is 0. The van der Waals surface area contributed by atoms with E-state index >= 15 is 0 Å². The summed E-state index contributed by atoms with van der Waals surface area (Å²) in [7, 11) is -1.78. The van der Waals surface area contributed by atoms with Crippen LogP contribution in [-0.2, 0) is 30.2 Å². The van der Waals surface area contributed by atoms with Crippen molar-refractivity contribution in [2.24, 2.45) is 0 Å². The molecule has 1 heterocycles. The molecule has 2 aromatic rings. The molecule has 140 valence electrons. The largest absolute Gasteiger partial charge is 0.413 e. The Balaban J connectivity index is 1.70. The lowest BCUT2D eigenvalue weighted by atomic mass is 10.1. The molecule has 1 atom stereocenters. The van der Waals surface area contributed by atoms with Crippen molar-refractivity contribution >= 4 is 8.32 Å². The lowest BCUT2D eigenvalue weighted by Gasteiger charge is -2.38. The van der Waals surface area contributed by atoms with E-state index in [9.17, 15) is 4.79 Å². The molecule has 0 amide bonds.